The van der Waals surface area contributed by atoms with E-state index in [1.807, 2.05) is 6.92 Å². The number of allylic oxidation sites excluding steroid dienone is 2. The highest BCUT2D eigenvalue weighted by atomic mass is 16.2. The number of amides is 2. The Morgan fingerprint density at radius 1 is 1.16 bits per heavy atom. The second-order valence-electron chi connectivity index (χ2n) is 6.39. The van der Waals surface area contributed by atoms with Gasteiger partial charge in [0.2, 0.25) is 11.8 Å². The van der Waals surface area contributed by atoms with E-state index in [0.717, 1.165) is 19.3 Å². The van der Waals surface area contributed by atoms with Crippen LogP contribution >= 0.6 is 0 Å². The number of carbonyl (C=O) groups is 2. The van der Waals surface area contributed by atoms with Gasteiger partial charge in [0.05, 0.1) is 11.8 Å². The van der Waals surface area contributed by atoms with E-state index >= 15 is 0 Å². The van der Waals surface area contributed by atoms with Crippen molar-refractivity contribution >= 4 is 11.8 Å². The van der Waals surface area contributed by atoms with Gasteiger partial charge in [-0.1, -0.05) is 38.3 Å². The van der Waals surface area contributed by atoms with E-state index < -0.39 is 0 Å². The van der Waals surface area contributed by atoms with Gasteiger partial charge in [-0.15, -0.1) is 0 Å². The topological polar surface area (TPSA) is 37.4 Å². The number of likely N-dealkylation sites (tertiary alicyclic amines) is 1. The summed E-state index contributed by atoms with van der Waals surface area (Å²) < 4.78 is 0. The van der Waals surface area contributed by atoms with Crippen LogP contribution in [0.4, 0.5) is 0 Å². The zero-order valence-electron chi connectivity index (χ0n) is 11.8. The Morgan fingerprint density at radius 3 is 2.26 bits per heavy atom. The predicted octanol–water partition coefficient (Wildman–Crippen LogP) is 2.76. The number of unbranched alkanes of at least 4 members (excludes halogenated alkanes) is 2. The van der Waals surface area contributed by atoms with E-state index in [9.17, 15) is 9.59 Å². The van der Waals surface area contributed by atoms with Crippen molar-refractivity contribution in [1.29, 1.82) is 0 Å². The van der Waals surface area contributed by atoms with E-state index in [4.69, 9.17) is 0 Å². The normalized spacial score (nSPS) is 37.3. The Morgan fingerprint density at radius 2 is 1.74 bits per heavy atom. The maximum Gasteiger partial charge on any atom is 0.233 e. The molecule has 3 rings (SSSR count). The second-order valence-corrected chi connectivity index (χ2v) is 6.39. The molecule has 19 heavy (non-hydrogen) atoms. The fourth-order valence-corrected chi connectivity index (χ4v) is 4.18. The number of hydrogen-bond acceptors (Lipinski definition) is 2. The maximum absolute atomic E-state index is 12.5. The van der Waals surface area contributed by atoms with Crippen molar-refractivity contribution in [2.75, 3.05) is 0 Å². The summed E-state index contributed by atoms with van der Waals surface area (Å²) in [5.74, 6) is 0.817. The average Bonchev–Trinajstić information content (AvgIpc) is 3.04. The van der Waals surface area contributed by atoms with Gasteiger partial charge >= 0.3 is 0 Å². The van der Waals surface area contributed by atoms with E-state index in [-0.39, 0.29) is 29.7 Å². The molecule has 2 amide bonds. The van der Waals surface area contributed by atoms with E-state index in [2.05, 4.69) is 19.1 Å². The number of fused-ring (bicyclic) bond motifs is 5. The highest BCUT2D eigenvalue weighted by molar-refractivity contribution is 6.06. The number of hydrogen-bond donors (Lipinski definition) is 0. The zero-order chi connectivity index (χ0) is 13.6. The van der Waals surface area contributed by atoms with Crippen LogP contribution in [-0.2, 0) is 9.59 Å². The van der Waals surface area contributed by atoms with Crippen molar-refractivity contribution in [3.63, 3.8) is 0 Å². The standard InChI is InChI=1S/C16H23NO2/c1-3-4-5-6-10(2)17-15(18)13-11-7-8-12(9-11)14(13)16(17)19/h7-8,10-14H,3-6,9H2,1-2H3. The first-order chi connectivity index (χ1) is 9.15. The smallest absolute Gasteiger partial charge is 0.233 e. The van der Waals surface area contributed by atoms with Crippen LogP contribution in [0.5, 0.6) is 0 Å². The van der Waals surface area contributed by atoms with Crippen LogP contribution in [0.2, 0.25) is 0 Å². The summed E-state index contributed by atoms with van der Waals surface area (Å²) in [5, 5.41) is 0. The lowest BCUT2D eigenvalue weighted by atomic mass is 9.85. The molecule has 3 aliphatic rings. The van der Waals surface area contributed by atoms with Gasteiger partial charge in [-0.25, -0.2) is 0 Å². The molecular formula is C16H23NO2. The number of carbonyl (C=O) groups excluding carboxylic acids is 2. The molecule has 2 aliphatic carbocycles. The van der Waals surface area contributed by atoms with Crippen molar-refractivity contribution in [3.05, 3.63) is 12.2 Å². The maximum atomic E-state index is 12.5. The summed E-state index contributed by atoms with van der Waals surface area (Å²) in [7, 11) is 0. The van der Waals surface area contributed by atoms with Gasteiger partial charge in [0.1, 0.15) is 0 Å². The van der Waals surface area contributed by atoms with Crippen molar-refractivity contribution in [1.82, 2.24) is 4.90 Å². The second kappa shape index (κ2) is 4.77. The Hall–Kier alpha value is -1.12. The van der Waals surface area contributed by atoms with Crippen molar-refractivity contribution in [3.8, 4) is 0 Å². The van der Waals surface area contributed by atoms with Crippen LogP contribution in [0.25, 0.3) is 0 Å². The van der Waals surface area contributed by atoms with Crippen molar-refractivity contribution in [2.24, 2.45) is 23.7 Å². The number of nitrogens with zero attached hydrogens (tertiary/aromatic N) is 1. The van der Waals surface area contributed by atoms with Gasteiger partial charge in [-0.05, 0) is 31.6 Å². The molecule has 1 saturated heterocycles. The molecule has 0 aromatic carbocycles. The summed E-state index contributed by atoms with van der Waals surface area (Å²) in [4.78, 5) is 26.7. The van der Waals surface area contributed by atoms with Crippen LogP contribution in [0.1, 0.15) is 46.0 Å². The molecular weight excluding hydrogens is 238 g/mol. The highest BCUT2D eigenvalue weighted by Gasteiger charge is 2.59. The van der Waals surface area contributed by atoms with Gasteiger partial charge in [-0.2, -0.15) is 0 Å². The minimum atomic E-state index is -0.0314. The Kier molecular flexibility index (Phi) is 3.23. The quantitative estimate of drug-likeness (QED) is 0.433. The SMILES string of the molecule is CCCCCC(C)N1C(=O)C2C3C=CC(C3)C2C1=O. The first-order valence-electron chi connectivity index (χ1n) is 7.70. The Balaban J connectivity index is 1.71. The lowest BCUT2D eigenvalue weighted by Gasteiger charge is -2.24. The molecule has 3 heteroatoms. The van der Waals surface area contributed by atoms with Crippen molar-refractivity contribution in [2.45, 2.75) is 52.0 Å². The minimum absolute atomic E-state index is 0.0314. The highest BCUT2D eigenvalue weighted by Crippen LogP contribution is 2.52. The molecule has 2 bridgehead atoms. The van der Waals surface area contributed by atoms with Gasteiger partial charge in [0.15, 0.2) is 0 Å². The molecule has 2 fully saturated rings. The number of rotatable bonds is 5. The van der Waals surface area contributed by atoms with Gasteiger partial charge < -0.3 is 0 Å². The summed E-state index contributed by atoms with van der Waals surface area (Å²) in [5.41, 5.74) is 0. The lowest BCUT2D eigenvalue weighted by Crippen LogP contribution is -2.40. The molecule has 0 spiro atoms. The minimum Gasteiger partial charge on any atom is -0.279 e. The van der Waals surface area contributed by atoms with Crippen LogP contribution in [0, 0.1) is 23.7 Å². The van der Waals surface area contributed by atoms with Crippen LogP contribution in [0.3, 0.4) is 0 Å². The van der Waals surface area contributed by atoms with Crippen molar-refractivity contribution < 1.29 is 9.59 Å². The Labute approximate surface area is 115 Å². The fourth-order valence-electron chi connectivity index (χ4n) is 4.18. The molecule has 1 aliphatic heterocycles. The summed E-state index contributed by atoms with van der Waals surface area (Å²) in [6.45, 7) is 4.20. The first-order valence-corrected chi connectivity index (χ1v) is 7.70. The molecule has 0 aromatic rings. The molecule has 1 saturated carbocycles. The third-order valence-electron chi connectivity index (χ3n) is 5.17. The first kappa shape index (κ1) is 12.9. The predicted molar refractivity (Wildman–Crippen MR) is 73.2 cm³/mol. The summed E-state index contributed by atoms with van der Waals surface area (Å²) >= 11 is 0. The Bertz CT molecular complexity index is 398. The average molecular weight is 261 g/mol. The lowest BCUT2D eigenvalue weighted by molar-refractivity contribution is -0.143. The molecule has 0 radical (unpaired) electrons. The largest absolute Gasteiger partial charge is 0.279 e. The monoisotopic (exact) mass is 261 g/mol. The van der Waals surface area contributed by atoms with Gasteiger partial charge in [-0.3, -0.25) is 14.5 Å². The molecule has 5 unspecified atom stereocenters. The summed E-state index contributed by atoms with van der Waals surface area (Å²) in [6, 6.07) is 0.0801. The third kappa shape index (κ3) is 1.86. The fraction of sp³-hybridized carbons (Fsp3) is 0.750. The van der Waals surface area contributed by atoms with Gasteiger partial charge in [0, 0.05) is 6.04 Å². The van der Waals surface area contributed by atoms with Crippen LogP contribution in [0.15, 0.2) is 12.2 Å². The molecule has 0 aromatic heterocycles. The van der Waals surface area contributed by atoms with E-state index in [1.54, 1.807) is 4.90 Å². The van der Waals surface area contributed by atoms with Crippen LogP contribution < -0.4 is 0 Å². The molecule has 5 atom stereocenters. The molecule has 104 valence electrons. The van der Waals surface area contributed by atoms with E-state index in [0.29, 0.717) is 11.8 Å². The summed E-state index contributed by atoms with van der Waals surface area (Å²) in [6.07, 6.45) is 9.74. The molecule has 1 heterocycles. The molecule has 0 N–H and O–H groups in total. The van der Waals surface area contributed by atoms with Crippen LogP contribution in [-0.4, -0.2) is 22.8 Å². The number of imide groups is 1. The third-order valence-corrected chi connectivity index (χ3v) is 5.17. The van der Waals surface area contributed by atoms with Gasteiger partial charge in [0.25, 0.3) is 0 Å². The molecule has 3 nitrogen and oxygen atoms in total. The van der Waals surface area contributed by atoms with E-state index in [1.165, 1.54) is 12.8 Å². The zero-order valence-corrected chi connectivity index (χ0v) is 11.8.